The summed E-state index contributed by atoms with van der Waals surface area (Å²) in [5.74, 6) is 1.18. The summed E-state index contributed by atoms with van der Waals surface area (Å²) in [6.07, 6.45) is 1.48. The van der Waals surface area contributed by atoms with Gasteiger partial charge in [0, 0.05) is 19.2 Å². The molecule has 0 radical (unpaired) electrons. The molecule has 0 aliphatic carbocycles. The number of rotatable bonds is 8. The van der Waals surface area contributed by atoms with Crippen LogP contribution in [0.4, 0.5) is 0 Å². The lowest BCUT2D eigenvalue weighted by atomic mass is 9.98. The van der Waals surface area contributed by atoms with Crippen LogP contribution in [0.5, 0.6) is 11.5 Å². The highest BCUT2D eigenvalue weighted by Crippen LogP contribution is 2.24. The van der Waals surface area contributed by atoms with Crippen LogP contribution in [-0.4, -0.2) is 33.2 Å². The minimum absolute atomic E-state index is 0.00358. The van der Waals surface area contributed by atoms with Crippen molar-refractivity contribution in [1.29, 1.82) is 0 Å². The van der Waals surface area contributed by atoms with Gasteiger partial charge in [-0.2, -0.15) is 0 Å². The molecule has 0 aromatic heterocycles. The van der Waals surface area contributed by atoms with Crippen molar-refractivity contribution in [3.63, 3.8) is 0 Å². The predicted octanol–water partition coefficient (Wildman–Crippen LogP) is 1.35. The maximum atomic E-state index is 12.0. The Hall–Kier alpha value is -1.75. The summed E-state index contributed by atoms with van der Waals surface area (Å²) in [7, 11) is 3.21. The molecule has 0 heterocycles. The van der Waals surface area contributed by atoms with Gasteiger partial charge in [-0.25, -0.2) is 0 Å². The largest absolute Gasteiger partial charge is 0.497 e. The van der Waals surface area contributed by atoms with Crippen LogP contribution in [0.2, 0.25) is 0 Å². The molecule has 1 unspecified atom stereocenters. The Morgan fingerprint density at radius 2 is 1.85 bits per heavy atom. The number of benzene rings is 1. The van der Waals surface area contributed by atoms with E-state index in [9.17, 15) is 4.79 Å². The van der Waals surface area contributed by atoms with Crippen molar-refractivity contribution in [2.75, 3.05) is 27.3 Å². The number of nitrogens with two attached hydrogens (primary N) is 1. The number of carbonyl (C=O) groups is 1. The zero-order valence-electron chi connectivity index (χ0n) is 12.4. The molecule has 1 atom stereocenters. The second-order valence-electron chi connectivity index (χ2n) is 4.65. The summed E-state index contributed by atoms with van der Waals surface area (Å²) in [6, 6.07) is 5.61. The highest BCUT2D eigenvalue weighted by molar-refractivity contribution is 5.79. The molecular formula is C15H24N2O3. The Morgan fingerprint density at radius 3 is 2.30 bits per heavy atom. The van der Waals surface area contributed by atoms with Crippen LogP contribution in [0, 0.1) is 5.92 Å². The van der Waals surface area contributed by atoms with Crippen molar-refractivity contribution in [1.82, 2.24) is 5.32 Å². The second kappa shape index (κ2) is 8.43. The molecule has 1 aromatic carbocycles. The maximum absolute atomic E-state index is 12.0. The summed E-state index contributed by atoms with van der Waals surface area (Å²) in [4.78, 5) is 12.0. The van der Waals surface area contributed by atoms with Crippen molar-refractivity contribution < 1.29 is 14.3 Å². The van der Waals surface area contributed by atoms with Gasteiger partial charge in [-0.1, -0.05) is 6.92 Å². The van der Waals surface area contributed by atoms with E-state index >= 15 is 0 Å². The van der Waals surface area contributed by atoms with E-state index in [1.807, 2.05) is 19.1 Å². The summed E-state index contributed by atoms with van der Waals surface area (Å²) in [6.45, 7) is 3.01. The number of ether oxygens (including phenoxy) is 2. The van der Waals surface area contributed by atoms with Gasteiger partial charge in [0.2, 0.25) is 5.91 Å². The number of nitrogens with one attached hydrogen (secondary N) is 1. The van der Waals surface area contributed by atoms with Gasteiger partial charge in [-0.3, -0.25) is 4.79 Å². The van der Waals surface area contributed by atoms with Gasteiger partial charge < -0.3 is 20.5 Å². The molecular weight excluding hydrogens is 256 g/mol. The summed E-state index contributed by atoms with van der Waals surface area (Å²) < 4.78 is 10.5. The summed E-state index contributed by atoms with van der Waals surface area (Å²) in [5, 5.41) is 2.88. The molecule has 5 heteroatoms. The van der Waals surface area contributed by atoms with Crippen LogP contribution in [0.15, 0.2) is 18.2 Å². The van der Waals surface area contributed by atoms with Gasteiger partial charge in [-0.05, 0) is 30.5 Å². The number of hydrogen-bond donors (Lipinski definition) is 2. The standard InChI is InChI=1S/C15H24N2O3/c1-4-5-17-15(18)12(10-16)6-11-7-13(19-2)9-14(8-11)20-3/h7-9,12H,4-6,10,16H2,1-3H3,(H,17,18). The highest BCUT2D eigenvalue weighted by Gasteiger charge is 2.17. The maximum Gasteiger partial charge on any atom is 0.224 e. The minimum atomic E-state index is -0.238. The Kier molecular flexibility index (Phi) is 6.87. The predicted molar refractivity (Wildman–Crippen MR) is 79.1 cm³/mol. The Morgan fingerprint density at radius 1 is 1.25 bits per heavy atom. The van der Waals surface area contributed by atoms with Crippen LogP contribution >= 0.6 is 0 Å². The average molecular weight is 280 g/mol. The Balaban J connectivity index is 2.80. The molecule has 0 saturated carbocycles. The Labute approximate surface area is 120 Å². The topological polar surface area (TPSA) is 73.6 Å². The van der Waals surface area contributed by atoms with Gasteiger partial charge in [0.05, 0.1) is 20.1 Å². The fourth-order valence-corrected chi connectivity index (χ4v) is 1.94. The smallest absolute Gasteiger partial charge is 0.224 e. The van der Waals surface area contributed by atoms with Gasteiger partial charge in [0.15, 0.2) is 0 Å². The van der Waals surface area contributed by atoms with Crippen molar-refractivity contribution in [3.8, 4) is 11.5 Å². The molecule has 0 spiro atoms. The SMILES string of the molecule is CCCNC(=O)C(CN)Cc1cc(OC)cc(OC)c1. The van der Waals surface area contributed by atoms with E-state index in [1.165, 1.54) is 0 Å². The molecule has 1 rings (SSSR count). The van der Waals surface area contributed by atoms with E-state index in [0.717, 1.165) is 12.0 Å². The van der Waals surface area contributed by atoms with E-state index in [0.29, 0.717) is 31.0 Å². The van der Waals surface area contributed by atoms with E-state index in [2.05, 4.69) is 5.32 Å². The molecule has 0 aliphatic rings. The lowest BCUT2D eigenvalue weighted by Crippen LogP contribution is -2.36. The molecule has 0 aliphatic heterocycles. The van der Waals surface area contributed by atoms with Crippen LogP contribution in [0.25, 0.3) is 0 Å². The zero-order chi connectivity index (χ0) is 15.0. The molecule has 1 aromatic rings. The molecule has 5 nitrogen and oxygen atoms in total. The fraction of sp³-hybridized carbons (Fsp3) is 0.533. The first kappa shape index (κ1) is 16.3. The van der Waals surface area contributed by atoms with Crippen molar-refractivity contribution >= 4 is 5.91 Å². The van der Waals surface area contributed by atoms with Gasteiger partial charge in [0.1, 0.15) is 11.5 Å². The Bertz CT molecular complexity index is 413. The van der Waals surface area contributed by atoms with Crippen LogP contribution in [0.3, 0.4) is 0 Å². The number of amides is 1. The third kappa shape index (κ3) is 4.74. The molecule has 0 saturated heterocycles. The van der Waals surface area contributed by atoms with Gasteiger partial charge in [0.25, 0.3) is 0 Å². The quantitative estimate of drug-likeness (QED) is 0.754. The summed E-state index contributed by atoms with van der Waals surface area (Å²) in [5.41, 5.74) is 6.69. The van der Waals surface area contributed by atoms with Crippen LogP contribution in [-0.2, 0) is 11.2 Å². The molecule has 1 amide bonds. The van der Waals surface area contributed by atoms with E-state index < -0.39 is 0 Å². The van der Waals surface area contributed by atoms with E-state index in [1.54, 1.807) is 20.3 Å². The first-order chi connectivity index (χ1) is 9.64. The molecule has 20 heavy (non-hydrogen) atoms. The highest BCUT2D eigenvalue weighted by atomic mass is 16.5. The minimum Gasteiger partial charge on any atom is -0.497 e. The summed E-state index contributed by atoms with van der Waals surface area (Å²) >= 11 is 0. The zero-order valence-corrected chi connectivity index (χ0v) is 12.4. The normalized spacial score (nSPS) is 11.8. The number of carbonyl (C=O) groups excluding carboxylic acids is 1. The van der Waals surface area contributed by atoms with Crippen molar-refractivity contribution in [2.45, 2.75) is 19.8 Å². The first-order valence-corrected chi connectivity index (χ1v) is 6.84. The van der Waals surface area contributed by atoms with Crippen molar-refractivity contribution in [3.05, 3.63) is 23.8 Å². The first-order valence-electron chi connectivity index (χ1n) is 6.84. The number of hydrogen-bond acceptors (Lipinski definition) is 4. The monoisotopic (exact) mass is 280 g/mol. The lowest BCUT2D eigenvalue weighted by Gasteiger charge is -2.16. The van der Waals surface area contributed by atoms with Crippen LogP contribution in [0.1, 0.15) is 18.9 Å². The molecule has 0 fully saturated rings. The van der Waals surface area contributed by atoms with Gasteiger partial charge >= 0.3 is 0 Å². The molecule has 3 N–H and O–H groups in total. The molecule has 112 valence electrons. The fourth-order valence-electron chi connectivity index (χ4n) is 1.94. The third-order valence-electron chi connectivity index (χ3n) is 3.10. The molecule has 0 bridgehead atoms. The van der Waals surface area contributed by atoms with Gasteiger partial charge in [-0.15, -0.1) is 0 Å². The number of methoxy groups -OCH3 is 2. The average Bonchev–Trinajstić information content (AvgIpc) is 2.49. The van der Waals surface area contributed by atoms with E-state index in [-0.39, 0.29) is 11.8 Å². The van der Waals surface area contributed by atoms with Crippen LogP contribution < -0.4 is 20.5 Å². The van der Waals surface area contributed by atoms with Crippen molar-refractivity contribution in [2.24, 2.45) is 11.7 Å². The van der Waals surface area contributed by atoms with E-state index in [4.69, 9.17) is 15.2 Å². The third-order valence-corrected chi connectivity index (χ3v) is 3.10. The second-order valence-corrected chi connectivity index (χ2v) is 4.65. The lowest BCUT2D eigenvalue weighted by molar-refractivity contribution is -0.124.